The van der Waals surface area contributed by atoms with Crippen LogP contribution in [0.2, 0.25) is 0 Å². The predicted molar refractivity (Wildman–Crippen MR) is 63.2 cm³/mol. The first-order valence-electron chi connectivity index (χ1n) is 4.53. The van der Waals surface area contributed by atoms with E-state index < -0.39 is 0 Å². The van der Waals surface area contributed by atoms with E-state index in [2.05, 4.69) is 31.9 Å². The van der Waals surface area contributed by atoms with Crippen molar-refractivity contribution in [3.63, 3.8) is 0 Å². The second kappa shape index (κ2) is 3.83. The van der Waals surface area contributed by atoms with Gasteiger partial charge in [0.25, 0.3) is 0 Å². The van der Waals surface area contributed by atoms with Crippen LogP contribution in [0.4, 0.5) is 0 Å². The molecule has 76 valence electrons. The smallest absolute Gasteiger partial charge is 0.134 e. The molecule has 0 aromatic heterocycles. The van der Waals surface area contributed by atoms with E-state index in [4.69, 9.17) is 5.73 Å². The Balaban J connectivity index is 2.39. The first-order chi connectivity index (χ1) is 6.59. The van der Waals surface area contributed by atoms with Crippen molar-refractivity contribution in [2.45, 2.75) is 18.9 Å². The Kier molecular flexibility index (Phi) is 2.86. The second-order valence-corrected chi connectivity index (χ2v) is 5.46. The SMILES string of the molecule is N[C@@H](c1cc(Br)cc(Br)c1O)C1CC1. The van der Waals surface area contributed by atoms with Crippen molar-refractivity contribution in [1.82, 2.24) is 0 Å². The Bertz CT molecular complexity index is 363. The van der Waals surface area contributed by atoms with Gasteiger partial charge in [-0.2, -0.15) is 0 Å². The number of phenols is 1. The van der Waals surface area contributed by atoms with Crippen molar-refractivity contribution in [2.75, 3.05) is 0 Å². The van der Waals surface area contributed by atoms with Gasteiger partial charge in [0.2, 0.25) is 0 Å². The van der Waals surface area contributed by atoms with Crippen LogP contribution >= 0.6 is 31.9 Å². The standard InChI is InChI=1S/C10H11Br2NO/c11-6-3-7(9(13)5-1-2-5)10(14)8(12)4-6/h3-5,9,14H,1-2,13H2/t9-/m1/s1. The van der Waals surface area contributed by atoms with Crippen LogP contribution < -0.4 is 5.73 Å². The highest BCUT2D eigenvalue weighted by Crippen LogP contribution is 2.44. The van der Waals surface area contributed by atoms with Crippen LogP contribution in [0.1, 0.15) is 24.4 Å². The van der Waals surface area contributed by atoms with E-state index in [-0.39, 0.29) is 11.8 Å². The largest absolute Gasteiger partial charge is 0.506 e. The van der Waals surface area contributed by atoms with Gasteiger partial charge in [-0.15, -0.1) is 0 Å². The number of benzene rings is 1. The highest BCUT2D eigenvalue weighted by Gasteiger charge is 2.31. The Hall–Kier alpha value is -0.0600. The first kappa shape index (κ1) is 10.5. The van der Waals surface area contributed by atoms with Crippen LogP contribution in [0, 0.1) is 5.92 Å². The van der Waals surface area contributed by atoms with E-state index in [1.165, 1.54) is 12.8 Å². The summed E-state index contributed by atoms with van der Waals surface area (Å²) in [7, 11) is 0. The normalized spacial score (nSPS) is 18.2. The average Bonchev–Trinajstić information content (AvgIpc) is 2.93. The third-order valence-electron chi connectivity index (χ3n) is 2.55. The predicted octanol–water partition coefficient (Wildman–Crippen LogP) is 3.33. The summed E-state index contributed by atoms with van der Waals surface area (Å²) in [6, 6.07) is 3.67. The van der Waals surface area contributed by atoms with E-state index in [0.717, 1.165) is 10.0 Å². The number of halogens is 2. The quantitative estimate of drug-likeness (QED) is 0.878. The monoisotopic (exact) mass is 319 g/mol. The molecule has 1 fully saturated rings. The van der Waals surface area contributed by atoms with Crippen LogP contribution in [0.5, 0.6) is 5.75 Å². The van der Waals surface area contributed by atoms with Crippen molar-refractivity contribution in [2.24, 2.45) is 11.7 Å². The molecule has 3 N–H and O–H groups in total. The van der Waals surface area contributed by atoms with Gasteiger partial charge in [-0.05, 0) is 46.8 Å². The number of hydrogen-bond acceptors (Lipinski definition) is 2. The zero-order valence-corrected chi connectivity index (χ0v) is 10.7. The zero-order valence-electron chi connectivity index (χ0n) is 7.50. The molecule has 4 heteroatoms. The van der Waals surface area contributed by atoms with Gasteiger partial charge < -0.3 is 10.8 Å². The number of nitrogens with two attached hydrogens (primary N) is 1. The maximum Gasteiger partial charge on any atom is 0.134 e. The lowest BCUT2D eigenvalue weighted by Gasteiger charge is -2.14. The molecule has 1 aromatic rings. The molecule has 0 saturated heterocycles. The molecule has 1 aromatic carbocycles. The Morgan fingerprint density at radius 3 is 2.57 bits per heavy atom. The summed E-state index contributed by atoms with van der Waals surface area (Å²) >= 11 is 6.69. The van der Waals surface area contributed by atoms with E-state index in [0.29, 0.717) is 10.4 Å². The molecule has 0 bridgehead atoms. The van der Waals surface area contributed by atoms with Gasteiger partial charge in [-0.1, -0.05) is 15.9 Å². The topological polar surface area (TPSA) is 46.2 Å². The molecule has 1 aliphatic rings. The number of hydrogen-bond donors (Lipinski definition) is 2. The molecule has 0 heterocycles. The van der Waals surface area contributed by atoms with Gasteiger partial charge >= 0.3 is 0 Å². The van der Waals surface area contributed by atoms with Crippen molar-refractivity contribution < 1.29 is 5.11 Å². The molecule has 2 nitrogen and oxygen atoms in total. The highest BCUT2D eigenvalue weighted by atomic mass is 79.9. The van der Waals surface area contributed by atoms with Gasteiger partial charge in [0.1, 0.15) is 5.75 Å². The molecule has 0 spiro atoms. The zero-order chi connectivity index (χ0) is 10.3. The van der Waals surface area contributed by atoms with Crippen LogP contribution in [-0.2, 0) is 0 Å². The third kappa shape index (κ3) is 1.97. The Morgan fingerprint density at radius 1 is 1.36 bits per heavy atom. The summed E-state index contributed by atoms with van der Waals surface area (Å²) in [4.78, 5) is 0. The molecule has 0 aliphatic heterocycles. The van der Waals surface area contributed by atoms with Gasteiger partial charge in [0.05, 0.1) is 4.47 Å². The maximum atomic E-state index is 9.82. The molecule has 0 radical (unpaired) electrons. The van der Waals surface area contributed by atoms with E-state index in [9.17, 15) is 5.11 Å². The summed E-state index contributed by atoms with van der Waals surface area (Å²) < 4.78 is 1.63. The van der Waals surface area contributed by atoms with Gasteiger partial charge in [-0.25, -0.2) is 0 Å². The van der Waals surface area contributed by atoms with Gasteiger partial charge in [-0.3, -0.25) is 0 Å². The second-order valence-electron chi connectivity index (χ2n) is 3.69. The average molecular weight is 321 g/mol. The van der Waals surface area contributed by atoms with Crippen LogP contribution in [0.15, 0.2) is 21.1 Å². The van der Waals surface area contributed by atoms with Crippen molar-refractivity contribution in [1.29, 1.82) is 0 Å². The van der Waals surface area contributed by atoms with Crippen molar-refractivity contribution in [3.8, 4) is 5.75 Å². The van der Waals surface area contributed by atoms with Gasteiger partial charge in [0.15, 0.2) is 0 Å². The molecular formula is C10H11Br2NO. The number of aromatic hydroxyl groups is 1. The van der Waals surface area contributed by atoms with Crippen LogP contribution in [0.25, 0.3) is 0 Å². The Labute approximate surface area is 99.8 Å². The lowest BCUT2D eigenvalue weighted by Crippen LogP contribution is -2.12. The summed E-state index contributed by atoms with van der Waals surface area (Å²) in [5.41, 5.74) is 6.86. The molecule has 0 amide bonds. The molecule has 1 aliphatic carbocycles. The maximum absolute atomic E-state index is 9.82. The van der Waals surface area contributed by atoms with Gasteiger partial charge in [0, 0.05) is 16.1 Å². The van der Waals surface area contributed by atoms with Crippen molar-refractivity contribution in [3.05, 3.63) is 26.6 Å². The fourth-order valence-corrected chi connectivity index (χ4v) is 2.81. The lowest BCUT2D eigenvalue weighted by atomic mass is 10.0. The minimum Gasteiger partial charge on any atom is -0.506 e. The number of phenolic OH excluding ortho intramolecular Hbond substituents is 1. The van der Waals surface area contributed by atoms with Crippen LogP contribution in [-0.4, -0.2) is 5.11 Å². The summed E-state index contributed by atoms with van der Waals surface area (Å²) in [5.74, 6) is 0.815. The minimum atomic E-state index is -0.0381. The molecular weight excluding hydrogens is 310 g/mol. The minimum absolute atomic E-state index is 0.0381. The number of rotatable bonds is 2. The van der Waals surface area contributed by atoms with E-state index in [1.54, 1.807) is 0 Å². The first-order valence-corrected chi connectivity index (χ1v) is 6.11. The Morgan fingerprint density at radius 2 is 2.00 bits per heavy atom. The van der Waals surface area contributed by atoms with Crippen molar-refractivity contribution >= 4 is 31.9 Å². The molecule has 0 unspecified atom stereocenters. The molecule has 1 atom stereocenters. The third-order valence-corrected chi connectivity index (χ3v) is 3.61. The molecule has 2 rings (SSSR count). The van der Waals surface area contributed by atoms with E-state index in [1.807, 2.05) is 12.1 Å². The fourth-order valence-electron chi connectivity index (χ4n) is 1.55. The summed E-state index contributed by atoms with van der Waals surface area (Å²) in [6.07, 6.45) is 2.34. The molecule has 1 saturated carbocycles. The fraction of sp³-hybridized carbons (Fsp3) is 0.400. The summed E-state index contributed by atoms with van der Waals surface area (Å²) in [6.45, 7) is 0. The van der Waals surface area contributed by atoms with E-state index >= 15 is 0 Å². The summed E-state index contributed by atoms with van der Waals surface area (Å²) in [5, 5.41) is 9.82. The highest BCUT2D eigenvalue weighted by molar-refractivity contribution is 9.11. The lowest BCUT2D eigenvalue weighted by molar-refractivity contribution is 0.452. The van der Waals surface area contributed by atoms with Crippen LogP contribution in [0.3, 0.4) is 0 Å². The molecule has 14 heavy (non-hydrogen) atoms.